The summed E-state index contributed by atoms with van der Waals surface area (Å²) in [6.07, 6.45) is 2.20. The van der Waals surface area contributed by atoms with Crippen molar-refractivity contribution in [2.45, 2.75) is 12.8 Å². The summed E-state index contributed by atoms with van der Waals surface area (Å²) in [6, 6.07) is 6.05. The number of ether oxygens (including phenoxy) is 2. The Labute approximate surface area is 93.4 Å². The molecule has 1 rings (SSSR count). The molecule has 78 valence electrons. The molecule has 0 aliphatic rings. The van der Waals surface area contributed by atoms with Gasteiger partial charge in [0, 0.05) is 5.33 Å². The lowest BCUT2D eigenvalue weighted by Crippen LogP contribution is -1.93. The maximum Gasteiger partial charge on any atom is 0.160 e. The van der Waals surface area contributed by atoms with E-state index in [4.69, 9.17) is 9.47 Å². The van der Waals surface area contributed by atoms with Gasteiger partial charge in [-0.05, 0) is 30.5 Å². The van der Waals surface area contributed by atoms with Gasteiger partial charge in [0.15, 0.2) is 11.5 Å². The van der Waals surface area contributed by atoms with E-state index in [1.807, 2.05) is 12.1 Å². The second-order valence-electron chi connectivity index (χ2n) is 2.98. The van der Waals surface area contributed by atoms with Crippen molar-refractivity contribution < 1.29 is 9.47 Å². The van der Waals surface area contributed by atoms with Crippen LogP contribution in [0.1, 0.15) is 12.0 Å². The van der Waals surface area contributed by atoms with Crippen LogP contribution in [-0.2, 0) is 6.42 Å². The van der Waals surface area contributed by atoms with Gasteiger partial charge in [0.1, 0.15) is 0 Å². The largest absolute Gasteiger partial charge is 0.493 e. The highest BCUT2D eigenvalue weighted by atomic mass is 79.9. The van der Waals surface area contributed by atoms with Crippen LogP contribution >= 0.6 is 15.9 Å². The van der Waals surface area contributed by atoms with Crippen LogP contribution in [0.3, 0.4) is 0 Å². The Kier molecular flexibility index (Phi) is 4.80. The van der Waals surface area contributed by atoms with Crippen LogP contribution in [0.15, 0.2) is 18.2 Å². The van der Waals surface area contributed by atoms with Gasteiger partial charge in [-0.3, -0.25) is 0 Å². The van der Waals surface area contributed by atoms with Crippen molar-refractivity contribution in [1.82, 2.24) is 0 Å². The normalized spacial score (nSPS) is 9.93. The molecule has 0 aliphatic carbocycles. The first-order chi connectivity index (χ1) is 6.81. The Bertz CT molecular complexity index is 287. The fourth-order valence-corrected chi connectivity index (χ4v) is 1.59. The molecular weight excluding hydrogens is 244 g/mol. The summed E-state index contributed by atoms with van der Waals surface area (Å²) in [4.78, 5) is 0. The summed E-state index contributed by atoms with van der Waals surface area (Å²) >= 11 is 3.41. The van der Waals surface area contributed by atoms with Gasteiger partial charge in [-0.2, -0.15) is 0 Å². The van der Waals surface area contributed by atoms with Crippen LogP contribution < -0.4 is 9.47 Å². The number of benzene rings is 1. The van der Waals surface area contributed by atoms with Crippen molar-refractivity contribution >= 4 is 15.9 Å². The molecule has 14 heavy (non-hydrogen) atoms. The SMILES string of the molecule is COc1ccc(CCCBr)cc1OC. The first-order valence-corrected chi connectivity index (χ1v) is 5.71. The predicted molar refractivity (Wildman–Crippen MR) is 61.7 cm³/mol. The van der Waals surface area contributed by atoms with E-state index in [0.717, 1.165) is 29.7 Å². The lowest BCUT2D eigenvalue weighted by molar-refractivity contribution is 0.354. The fourth-order valence-electron chi connectivity index (χ4n) is 1.31. The molecule has 1 aromatic carbocycles. The van der Waals surface area contributed by atoms with Crippen LogP contribution in [-0.4, -0.2) is 19.5 Å². The van der Waals surface area contributed by atoms with Crippen LogP contribution in [0.4, 0.5) is 0 Å². The Morgan fingerprint density at radius 1 is 1.14 bits per heavy atom. The summed E-state index contributed by atoms with van der Waals surface area (Å²) in [5, 5.41) is 1.03. The Balaban J connectivity index is 2.79. The van der Waals surface area contributed by atoms with Crippen molar-refractivity contribution in [2.24, 2.45) is 0 Å². The van der Waals surface area contributed by atoms with E-state index in [9.17, 15) is 0 Å². The van der Waals surface area contributed by atoms with Gasteiger partial charge in [0.05, 0.1) is 14.2 Å². The third-order valence-electron chi connectivity index (χ3n) is 2.05. The van der Waals surface area contributed by atoms with Gasteiger partial charge in [-0.15, -0.1) is 0 Å². The number of aryl methyl sites for hydroxylation is 1. The zero-order valence-corrected chi connectivity index (χ0v) is 10.1. The molecule has 0 unspecified atom stereocenters. The highest BCUT2D eigenvalue weighted by Crippen LogP contribution is 2.27. The second-order valence-corrected chi connectivity index (χ2v) is 3.77. The Morgan fingerprint density at radius 3 is 2.43 bits per heavy atom. The zero-order chi connectivity index (χ0) is 10.4. The van der Waals surface area contributed by atoms with E-state index in [-0.39, 0.29) is 0 Å². The third-order valence-corrected chi connectivity index (χ3v) is 2.61. The minimum atomic E-state index is 0.787. The number of halogens is 1. The molecule has 1 aromatic rings. The van der Waals surface area contributed by atoms with Crippen LogP contribution in [0.5, 0.6) is 11.5 Å². The van der Waals surface area contributed by atoms with Crippen molar-refractivity contribution in [1.29, 1.82) is 0 Å². The highest BCUT2D eigenvalue weighted by Gasteiger charge is 2.03. The van der Waals surface area contributed by atoms with Crippen molar-refractivity contribution in [3.05, 3.63) is 23.8 Å². The molecular formula is C11H15BrO2. The Hall–Kier alpha value is -0.700. The van der Waals surface area contributed by atoms with Gasteiger partial charge in [-0.1, -0.05) is 22.0 Å². The number of hydrogen-bond donors (Lipinski definition) is 0. The van der Waals surface area contributed by atoms with Gasteiger partial charge >= 0.3 is 0 Å². The van der Waals surface area contributed by atoms with E-state index in [1.165, 1.54) is 5.56 Å². The molecule has 0 saturated carbocycles. The number of hydrogen-bond acceptors (Lipinski definition) is 2. The quantitative estimate of drug-likeness (QED) is 0.757. The lowest BCUT2D eigenvalue weighted by Gasteiger charge is -2.08. The molecule has 0 aliphatic heterocycles. The van der Waals surface area contributed by atoms with E-state index < -0.39 is 0 Å². The van der Waals surface area contributed by atoms with Crippen LogP contribution in [0.2, 0.25) is 0 Å². The van der Waals surface area contributed by atoms with E-state index in [0.29, 0.717) is 0 Å². The summed E-state index contributed by atoms with van der Waals surface area (Å²) in [7, 11) is 3.31. The maximum absolute atomic E-state index is 5.22. The predicted octanol–water partition coefficient (Wildman–Crippen LogP) is 3.03. The molecule has 0 saturated heterocycles. The molecule has 0 aromatic heterocycles. The topological polar surface area (TPSA) is 18.5 Å². The molecule has 2 nitrogen and oxygen atoms in total. The van der Waals surface area contributed by atoms with Gasteiger partial charge < -0.3 is 9.47 Å². The minimum absolute atomic E-state index is 0.787. The minimum Gasteiger partial charge on any atom is -0.493 e. The summed E-state index contributed by atoms with van der Waals surface area (Å²) < 4.78 is 10.4. The van der Waals surface area contributed by atoms with Crippen LogP contribution in [0.25, 0.3) is 0 Å². The molecule has 0 heterocycles. The van der Waals surface area contributed by atoms with Gasteiger partial charge in [-0.25, -0.2) is 0 Å². The van der Waals surface area contributed by atoms with Crippen LogP contribution in [0, 0.1) is 0 Å². The van der Waals surface area contributed by atoms with Crippen molar-refractivity contribution in [3.8, 4) is 11.5 Å². The van der Waals surface area contributed by atoms with Crippen molar-refractivity contribution in [2.75, 3.05) is 19.5 Å². The summed E-state index contributed by atoms with van der Waals surface area (Å²) in [6.45, 7) is 0. The maximum atomic E-state index is 5.22. The number of rotatable bonds is 5. The first-order valence-electron chi connectivity index (χ1n) is 4.58. The zero-order valence-electron chi connectivity index (χ0n) is 8.55. The molecule has 0 amide bonds. The third kappa shape index (κ3) is 2.91. The summed E-state index contributed by atoms with van der Waals surface area (Å²) in [5.41, 5.74) is 1.28. The molecule has 0 bridgehead atoms. The molecule has 3 heteroatoms. The number of alkyl halides is 1. The standard InChI is InChI=1S/C11H15BrO2/c1-13-10-6-5-9(4-3-7-12)8-11(10)14-2/h5-6,8H,3-4,7H2,1-2H3. The van der Waals surface area contributed by atoms with E-state index in [1.54, 1.807) is 14.2 Å². The second kappa shape index (κ2) is 5.91. The fraction of sp³-hybridized carbons (Fsp3) is 0.455. The lowest BCUT2D eigenvalue weighted by atomic mass is 10.1. The smallest absolute Gasteiger partial charge is 0.160 e. The highest BCUT2D eigenvalue weighted by molar-refractivity contribution is 9.09. The monoisotopic (exact) mass is 258 g/mol. The Morgan fingerprint density at radius 2 is 1.86 bits per heavy atom. The van der Waals surface area contributed by atoms with Crippen molar-refractivity contribution in [3.63, 3.8) is 0 Å². The van der Waals surface area contributed by atoms with E-state index >= 15 is 0 Å². The average Bonchev–Trinajstić information content (AvgIpc) is 2.25. The first kappa shape index (κ1) is 11.4. The molecule has 0 atom stereocenters. The van der Waals surface area contributed by atoms with Gasteiger partial charge in [0.25, 0.3) is 0 Å². The molecule has 0 N–H and O–H groups in total. The number of methoxy groups -OCH3 is 2. The summed E-state index contributed by atoms with van der Waals surface area (Å²) in [5.74, 6) is 1.59. The van der Waals surface area contributed by atoms with Gasteiger partial charge in [0.2, 0.25) is 0 Å². The molecule has 0 radical (unpaired) electrons. The molecule has 0 fully saturated rings. The average molecular weight is 259 g/mol. The van der Waals surface area contributed by atoms with E-state index in [2.05, 4.69) is 22.0 Å². The molecule has 0 spiro atoms.